The zero-order valence-corrected chi connectivity index (χ0v) is 19.3. The van der Waals surface area contributed by atoms with Gasteiger partial charge >= 0.3 is 0 Å². The molecule has 2 N–H and O–H groups in total. The number of hydrogen-bond donors (Lipinski definition) is 2. The van der Waals surface area contributed by atoms with Crippen molar-refractivity contribution in [1.82, 2.24) is 15.1 Å². The first-order valence-corrected chi connectivity index (χ1v) is 11.7. The number of benzene rings is 3. The quantitative estimate of drug-likeness (QED) is 0.447. The Morgan fingerprint density at radius 1 is 0.882 bits per heavy atom. The van der Waals surface area contributed by atoms with E-state index in [0.717, 1.165) is 28.8 Å². The summed E-state index contributed by atoms with van der Waals surface area (Å²) in [5.74, 6) is -1.20. The van der Waals surface area contributed by atoms with E-state index in [1.165, 1.54) is 0 Å². The van der Waals surface area contributed by atoms with Gasteiger partial charge in [-0.3, -0.25) is 19.3 Å². The van der Waals surface area contributed by atoms with Crippen molar-refractivity contribution in [2.24, 2.45) is 0 Å². The van der Waals surface area contributed by atoms with Crippen LogP contribution in [0.25, 0.3) is 10.8 Å². The Balaban J connectivity index is 1.18. The third-order valence-electron chi connectivity index (χ3n) is 6.33. The van der Waals surface area contributed by atoms with Gasteiger partial charge in [0, 0.05) is 41.3 Å². The van der Waals surface area contributed by atoms with Crippen LogP contribution in [0.15, 0.2) is 66.7 Å². The van der Waals surface area contributed by atoms with Gasteiger partial charge in [-0.25, -0.2) is 0 Å². The zero-order chi connectivity index (χ0) is 23.7. The van der Waals surface area contributed by atoms with E-state index in [2.05, 4.69) is 15.5 Å². The molecule has 0 saturated carbocycles. The van der Waals surface area contributed by atoms with Gasteiger partial charge in [-0.05, 0) is 54.7 Å². The molecule has 0 radical (unpaired) electrons. The number of piperidine rings is 1. The molecular formula is C26H24N4O3S. The zero-order valence-electron chi connectivity index (χ0n) is 18.5. The smallest absolute Gasteiger partial charge is 0.261 e. The number of likely N-dealkylation sites (tertiary alicyclic amines) is 1. The minimum atomic E-state index is -0.434. The molecular weight excluding hydrogens is 448 g/mol. The fourth-order valence-corrected chi connectivity index (χ4v) is 4.89. The van der Waals surface area contributed by atoms with Crippen molar-refractivity contribution in [2.45, 2.75) is 18.9 Å². The van der Waals surface area contributed by atoms with Gasteiger partial charge in [-0.15, -0.1) is 0 Å². The number of nitrogens with zero attached hydrogens (tertiary/aromatic N) is 2. The summed E-state index contributed by atoms with van der Waals surface area (Å²) in [6, 6.07) is 20.5. The molecule has 7 nitrogen and oxygen atoms in total. The monoisotopic (exact) mass is 472 g/mol. The predicted octanol–water partition coefficient (Wildman–Crippen LogP) is 3.41. The summed E-state index contributed by atoms with van der Waals surface area (Å²) in [7, 11) is 0. The Bertz CT molecular complexity index is 1230. The van der Waals surface area contributed by atoms with E-state index in [-0.39, 0.29) is 18.5 Å². The molecule has 1 fully saturated rings. The number of carbonyl (C=O) groups is 3. The Labute approximate surface area is 202 Å². The topological polar surface area (TPSA) is 81.8 Å². The maximum absolute atomic E-state index is 13.0. The summed E-state index contributed by atoms with van der Waals surface area (Å²) in [5.41, 5.74) is 1.84. The Morgan fingerprint density at radius 2 is 1.50 bits per heavy atom. The highest BCUT2D eigenvalue weighted by Gasteiger charge is 2.34. The minimum Gasteiger partial charge on any atom is -0.352 e. The molecule has 2 aliphatic heterocycles. The van der Waals surface area contributed by atoms with Crippen LogP contribution in [0, 0.1) is 0 Å². The molecule has 8 heteroatoms. The van der Waals surface area contributed by atoms with Crippen molar-refractivity contribution in [3.05, 3.63) is 77.9 Å². The molecule has 2 aliphatic rings. The van der Waals surface area contributed by atoms with Crippen molar-refractivity contribution in [3.8, 4) is 0 Å². The second-order valence-corrected chi connectivity index (χ2v) is 8.92. The summed E-state index contributed by atoms with van der Waals surface area (Å²) >= 11 is 5.52. The van der Waals surface area contributed by atoms with Crippen LogP contribution in [0.5, 0.6) is 0 Å². The largest absolute Gasteiger partial charge is 0.352 e. The summed E-state index contributed by atoms with van der Waals surface area (Å²) in [4.78, 5) is 41.9. The molecule has 3 aromatic carbocycles. The molecule has 3 aromatic rings. The lowest BCUT2D eigenvalue weighted by molar-refractivity contribution is -0.122. The molecule has 172 valence electrons. The highest BCUT2D eigenvalue weighted by atomic mass is 32.1. The molecule has 3 amide bonds. The molecule has 0 spiro atoms. The summed E-state index contributed by atoms with van der Waals surface area (Å²) < 4.78 is 0. The molecule has 34 heavy (non-hydrogen) atoms. The van der Waals surface area contributed by atoms with E-state index in [1.807, 2.05) is 42.5 Å². The normalized spacial score (nSPS) is 16.0. The van der Waals surface area contributed by atoms with Gasteiger partial charge in [0.2, 0.25) is 5.91 Å². The van der Waals surface area contributed by atoms with Gasteiger partial charge in [0.25, 0.3) is 11.8 Å². The second kappa shape index (κ2) is 9.23. The Morgan fingerprint density at radius 3 is 2.12 bits per heavy atom. The maximum atomic E-state index is 13.0. The SMILES string of the molecule is O=C(CN1C(=O)c2cccc3cccc(c23)C1=O)NC1CCN(C(=S)Nc2ccccc2)CC1. The van der Waals surface area contributed by atoms with Crippen molar-refractivity contribution in [3.63, 3.8) is 0 Å². The highest BCUT2D eigenvalue weighted by Crippen LogP contribution is 2.29. The lowest BCUT2D eigenvalue weighted by Crippen LogP contribution is -2.51. The van der Waals surface area contributed by atoms with E-state index < -0.39 is 11.8 Å². The van der Waals surface area contributed by atoms with Gasteiger partial charge in [0.05, 0.1) is 0 Å². The van der Waals surface area contributed by atoms with Gasteiger partial charge < -0.3 is 15.5 Å². The number of carbonyl (C=O) groups excluding carboxylic acids is 3. The third kappa shape index (κ3) is 4.24. The van der Waals surface area contributed by atoms with E-state index >= 15 is 0 Å². The molecule has 1 saturated heterocycles. The van der Waals surface area contributed by atoms with E-state index in [1.54, 1.807) is 24.3 Å². The molecule has 0 aromatic heterocycles. The number of nitrogens with one attached hydrogen (secondary N) is 2. The molecule has 0 atom stereocenters. The number of thiocarbonyl (C=S) groups is 1. The number of amides is 3. The van der Waals surface area contributed by atoms with Gasteiger partial charge in [-0.2, -0.15) is 0 Å². The first-order valence-electron chi connectivity index (χ1n) is 11.3. The molecule has 5 rings (SSSR count). The minimum absolute atomic E-state index is 0.0333. The Hall–Kier alpha value is -3.78. The number of imide groups is 1. The maximum Gasteiger partial charge on any atom is 0.261 e. The molecule has 0 bridgehead atoms. The van der Waals surface area contributed by atoms with Crippen LogP contribution in [0.1, 0.15) is 33.6 Å². The summed E-state index contributed by atoms with van der Waals surface area (Å²) in [6.45, 7) is 1.12. The van der Waals surface area contributed by atoms with Crippen LogP contribution in [-0.4, -0.2) is 58.3 Å². The van der Waals surface area contributed by atoms with E-state index in [9.17, 15) is 14.4 Å². The van der Waals surface area contributed by atoms with Gasteiger partial charge in [0.15, 0.2) is 5.11 Å². The lowest BCUT2D eigenvalue weighted by atomic mass is 9.94. The van der Waals surface area contributed by atoms with Crippen LogP contribution >= 0.6 is 12.2 Å². The fourth-order valence-electron chi connectivity index (χ4n) is 4.59. The van der Waals surface area contributed by atoms with Crippen LogP contribution in [-0.2, 0) is 4.79 Å². The highest BCUT2D eigenvalue weighted by molar-refractivity contribution is 7.80. The summed E-state index contributed by atoms with van der Waals surface area (Å²) in [5, 5.41) is 8.38. The lowest BCUT2D eigenvalue weighted by Gasteiger charge is -2.34. The second-order valence-electron chi connectivity index (χ2n) is 8.53. The predicted molar refractivity (Wildman–Crippen MR) is 135 cm³/mol. The summed E-state index contributed by atoms with van der Waals surface area (Å²) in [6.07, 6.45) is 1.46. The van der Waals surface area contributed by atoms with E-state index in [4.69, 9.17) is 12.2 Å². The van der Waals surface area contributed by atoms with Crippen LogP contribution < -0.4 is 10.6 Å². The average Bonchev–Trinajstić information content (AvgIpc) is 2.86. The Kier molecular flexibility index (Phi) is 5.98. The first-order chi connectivity index (χ1) is 16.5. The number of rotatable bonds is 4. The molecule has 0 unspecified atom stereocenters. The average molecular weight is 473 g/mol. The van der Waals surface area contributed by atoms with Crippen molar-refractivity contribution >= 4 is 51.5 Å². The number of hydrogen-bond acceptors (Lipinski definition) is 4. The van der Waals surface area contributed by atoms with Gasteiger partial charge in [-0.1, -0.05) is 42.5 Å². The van der Waals surface area contributed by atoms with Crippen LogP contribution in [0.3, 0.4) is 0 Å². The van der Waals surface area contributed by atoms with Crippen molar-refractivity contribution in [1.29, 1.82) is 0 Å². The molecule has 2 heterocycles. The first kappa shape index (κ1) is 22.0. The van der Waals surface area contributed by atoms with Crippen LogP contribution in [0.2, 0.25) is 0 Å². The number of para-hydroxylation sites is 1. The number of anilines is 1. The van der Waals surface area contributed by atoms with E-state index in [0.29, 0.717) is 34.7 Å². The van der Waals surface area contributed by atoms with Crippen molar-refractivity contribution < 1.29 is 14.4 Å². The fraction of sp³-hybridized carbons (Fsp3) is 0.231. The third-order valence-corrected chi connectivity index (χ3v) is 6.69. The standard InChI is InChI=1S/C26H24N4O3S/c31-22(27-19-12-14-29(15-13-19)26(34)28-18-8-2-1-3-9-18)16-30-24(32)20-10-4-6-17-7-5-11-21(23(17)20)25(30)33/h1-11,19H,12-16H2,(H,27,31)(H,28,34). The van der Waals surface area contributed by atoms with Crippen molar-refractivity contribution in [2.75, 3.05) is 25.0 Å². The van der Waals surface area contributed by atoms with Crippen LogP contribution in [0.4, 0.5) is 5.69 Å². The molecule has 0 aliphatic carbocycles. The van der Waals surface area contributed by atoms with Gasteiger partial charge in [0.1, 0.15) is 6.54 Å².